The number of nitrogens with one attached hydrogen (secondary N) is 1. The molecule has 4 rings (SSSR count). The summed E-state index contributed by atoms with van der Waals surface area (Å²) in [7, 11) is 1.36. The van der Waals surface area contributed by atoms with Gasteiger partial charge in [0.05, 0.1) is 19.3 Å². The van der Waals surface area contributed by atoms with E-state index < -0.39 is 23.6 Å². The Labute approximate surface area is 209 Å². The predicted octanol–water partition coefficient (Wildman–Crippen LogP) is 2.13. The molecule has 1 fully saturated rings. The van der Waals surface area contributed by atoms with Crippen molar-refractivity contribution >= 4 is 29.0 Å². The van der Waals surface area contributed by atoms with Crippen molar-refractivity contribution in [1.29, 1.82) is 0 Å². The molecule has 194 valence electrons. The first-order valence-electron chi connectivity index (χ1n) is 11.2. The van der Waals surface area contributed by atoms with E-state index in [2.05, 4.69) is 33.7 Å². The number of rotatable bonds is 6. The molecule has 0 atom stereocenters. The second-order valence-corrected chi connectivity index (χ2v) is 7.89. The lowest BCUT2D eigenvalue weighted by atomic mass is 10.2. The van der Waals surface area contributed by atoms with Gasteiger partial charge in [-0.25, -0.2) is 14.2 Å². The lowest BCUT2D eigenvalue weighted by molar-refractivity contribution is -0.189. The maximum absolute atomic E-state index is 13.8. The predicted molar refractivity (Wildman–Crippen MR) is 130 cm³/mol. The zero-order chi connectivity index (χ0) is 26.7. The number of ether oxygens (including phenoxy) is 2. The minimum atomic E-state index is -5.25. The van der Waals surface area contributed by atoms with Crippen LogP contribution in [0, 0.1) is 11.8 Å². The number of piperazine rings is 1. The molecule has 1 saturated heterocycles. The van der Waals surface area contributed by atoms with E-state index in [1.54, 1.807) is 6.92 Å². The Bertz CT molecular complexity index is 1480. The van der Waals surface area contributed by atoms with E-state index in [4.69, 9.17) is 9.47 Å². The Hall–Kier alpha value is -4.31. The highest BCUT2D eigenvalue weighted by molar-refractivity contribution is 5.87. The summed E-state index contributed by atoms with van der Waals surface area (Å²) in [6, 6.07) is 4.00. The van der Waals surface area contributed by atoms with Crippen molar-refractivity contribution in [2.75, 3.05) is 38.2 Å². The second kappa shape index (κ2) is 10.4. The van der Waals surface area contributed by atoms with Crippen LogP contribution >= 0.6 is 0 Å². The number of fused-ring (bicyclic) bond motifs is 1. The quantitative estimate of drug-likeness (QED) is 0.302. The van der Waals surface area contributed by atoms with Gasteiger partial charge in [-0.15, -0.1) is 5.92 Å². The standard InChI is InChI=1S/C24H23F3N6O4/c1-4-6-11-32-18-19(31-12-9-28-10-13-31)29-22(36-3)30-20(18)33(23(32)35)16-8-7-15(5-2)14-17(16)37-21(34)24(25,26)27/h5,7-8,14,28H,2,9-13H2,1,3H3. The Balaban J connectivity index is 2.05. The molecule has 0 unspecified atom stereocenters. The van der Waals surface area contributed by atoms with Crippen molar-refractivity contribution < 1.29 is 27.4 Å². The van der Waals surface area contributed by atoms with Crippen molar-refractivity contribution in [2.24, 2.45) is 0 Å². The van der Waals surface area contributed by atoms with E-state index in [-0.39, 0.29) is 23.9 Å². The normalized spacial score (nSPS) is 13.7. The van der Waals surface area contributed by atoms with Gasteiger partial charge >= 0.3 is 23.8 Å². The Kier molecular flexibility index (Phi) is 7.21. The number of nitrogens with zero attached hydrogens (tertiary/aromatic N) is 5. The van der Waals surface area contributed by atoms with Crippen molar-refractivity contribution in [3.8, 4) is 29.3 Å². The summed E-state index contributed by atoms with van der Waals surface area (Å²) in [4.78, 5) is 36.3. The van der Waals surface area contributed by atoms with E-state index in [1.165, 1.54) is 36.0 Å². The lowest BCUT2D eigenvalue weighted by Gasteiger charge is -2.29. The van der Waals surface area contributed by atoms with E-state index in [0.717, 1.165) is 4.57 Å². The van der Waals surface area contributed by atoms with Gasteiger partial charge < -0.3 is 19.7 Å². The number of hydrogen-bond donors (Lipinski definition) is 1. The molecule has 0 saturated carbocycles. The van der Waals surface area contributed by atoms with Crippen LogP contribution in [-0.4, -0.2) is 64.5 Å². The van der Waals surface area contributed by atoms with Gasteiger partial charge in [-0.2, -0.15) is 23.1 Å². The number of carbonyl (C=O) groups is 1. The number of aromatic nitrogens is 4. The van der Waals surface area contributed by atoms with Gasteiger partial charge in [0.15, 0.2) is 17.2 Å². The van der Waals surface area contributed by atoms with Crippen molar-refractivity contribution in [3.05, 3.63) is 40.8 Å². The summed E-state index contributed by atoms with van der Waals surface area (Å²) in [5.74, 6) is 3.06. The lowest BCUT2D eigenvalue weighted by Crippen LogP contribution is -2.44. The van der Waals surface area contributed by atoms with Gasteiger partial charge in [0.1, 0.15) is 5.52 Å². The molecule has 3 aromatic rings. The van der Waals surface area contributed by atoms with Crippen LogP contribution in [0.15, 0.2) is 29.6 Å². The molecular weight excluding hydrogens is 493 g/mol. The first-order valence-corrected chi connectivity index (χ1v) is 11.2. The molecule has 0 radical (unpaired) electrons. The van der Waals surface area contributed by atoms with E-state index in [0.29, 0.717) is 43.1 Å². The van der Waals surface area contributed by atoms with E-state index in [1.807, 2.05) is 4.90 Å². The fourth-order valence-corrected chi connectivity index (χ4v) is 3.91. The molecule has 1 aliphatic heterocycles. The molecule has 1 aromatic carbocycles. The molecular formula is C24H23F3N6O4. The van der Waals surface area contributed by atoms with E-state index >= 15 is 0 Å². The average Bonchev–Trinajstić information content (AvgIpc) is 3.17. The smallest absolute Gasteiger partial charge is 0.467 e. The Morgan fingerprint density at radius 1 is 1.27 bits per heavy atom. The third-order valence-corrected chi connectivity index (χ3v) is 5.64. The highest BCUT2D eigenvalue weighted by atomic mass is 19.4. The zero-order valence-corrected chi connectivity index (χ0v) is 20.1. The van der Waals surface area contributed by atoms with Gasteiger partial charge in [-0.3, -0.25) is 4.57 Å². The number of hydrogen-bond acceptors (Lipinski definition) is 8. The molecule has 1 aliphatic rings. The number of esters is 1. The summed E-state index contributed by atoms with van der Waals surface area (Å²) in [6.07, 6.45) is -3.89. The highest BCUT2D eigenvalue weighted by Gasteiger charge is 2.42. The van der Waals surface area contributed by atoms with Gasteiger partial charge in [-0.05, 0) is 24.6 Å². The number of benzene rings is 1. The van der Waals surface area contributed by atoms with Gasteiger partial charge in [0.2, 0.25) is 0 Å². The van der Waals surface area contributed by atoms with Crippen molar-refractivity contribution in [1.82, 2.24) is 24.4 Å². The number of anilines is 1. The summed E-state index contributed by atoms with van der Waals surface area (Å²) in [6.45, 7) is 7.69. The summed E-state index contributed by atoms with van der Waals surface area (Å²) in [5, 5.41) is 3.24. The minimum Gasteiger partial charge on any atom is -0.467 e. The van der Waals surface area contributed by atoms with Crippen LogP contribution in [0.25, 0.3) is 22.9 Å². The van der Waals surface area contributed by atoms with Gasteiger partial charge in [-0.1, -0.05) is 24.6 Å². The first kappa shape index (κ1) is 25.8. The number of methoxy groups -OCH3 is 1. The Morgan fingerprint density at radius 2 is 2.00 bits per heavy atom. The molecule has 10 nitrogen and oxygen atoms in total. The highest BCUT2D eigenvalue weighted by Crippen LogP contribution is 2.32. The van der Waals surface area contributed by atoms with Gasteiger partial charge in [0, 0.05) is 26.2 Å². The van der Waals surface area contributed by atoms with Crippen LogP contribution in [-0.2, 0) is 11.3 Å². The monoisotopic (exact) mass is 516 g/mol. The molecule has 0 amide bonds. The topological polar surface area (TPSA) is 104 Å². The fraction of sp³-hybridized carbons (Fsp3) is 0.333. The SMILES string of the molecule is C=Cc1ccc(-n2c(=O)n(CC#CC)c3c(N4CCNCC4)nc(OC)nc32)c(OC(=O)C(F)(F)F)c1. The minimum absolute atomic E-state index is 0.0317. The third-order valence-electron chi connectivity index (χ3n) is 5.64. The molecule has 0 aliphatic carbocycles. The summed E-state index contributed by atoms with van der Waals surface area (Å²) in [5.41, 5.74) is -0.0489. The fourth-order valence-electron chi connectivity index (χ4n) is 3.91. The molecule has 1 N–H and O–H groups in total. The summed E-state index contributed by atoms with van der Waals surface area (Å²) < 4.78 is 51.5. The summed E-state index contributed by atoms with van der Waals surface area (Å²) >= 11 is 0. The number of halogens is 3. The largest absolute Gasteiger partial charge is 0.491 e. The average molecular weight is 516 g/mol. The third kappa shape index (κ3) is 5.01. The van der Waals surface area contributed by atoms with Crippen LogP contribution in [0.3, 0.4) is 0 Å². The molecule has 0 bridgehead atoms. The maximum Gasteiger partial charge on any atom is 0.491 e. The van der Waals surface area contributed by atoms with E-state index in [9.17, 15) is 22.8 Å². The molecule has 0 spiro atoms. The second-order valence-electron chi connectivity index (χ2n) is 7.89. The van der Waals surface area contributed by atoms with Crippen LogP contribution in [0.2, 0.25) is 0 Å². The van der Waals surface area contributed by atoms with Crippen LogP contribution in [0.1, 0.15) is 12.5 Å². The molecule has 2 aromatic heterocycles. The zero-order valence-electron chi connectivity index (χ0n) is 20.1. The van der Waals surface area contributed by atoms with Crippen LogP contribution in [0.5, 0.6) is 11.8 Å². The Morgan fingerprint density at radius 3 is 2.62 bits per heavy atom. The number of carbonyl (C=O) groups excluding carboxylic acids is 1. The first-order chi connectivity index (χ1) is 17.7. The number of imidazole rings is 1. The molecule has 3 heterocycles. The number of alkyl halides is 3. The van der Waals surface area contributed by atoms with Crippen LogP contribution in [0.4, 0.5) is 19.0 Å². The van der Waals surface area contributed by atoms with Crippen molar-refractivity contribution in [3.63, 3.8) is 0 Å². The van der Waals surface area contributed by atoms with Crippen LogP contribution < -0.4 is 25.4 Å². The molecule has 37 heavy (non-hydrogen) atoms. The molecule has 13 heteroatoms. The maximum atomic E-state index is 13.8. The van der Waals surface area contributed by atoms with Crippen molar-refractivity contribution in [2.45, 2.75) is 19.6 Å². The van der Waals surface area contributed by atoms with Gasteiger partial charge in [0.25, 0.3) is 0 Å².